The average molecular weight is 284 g/mol. The lowest BCUT2D eigenvalue weighted by Gasteiger charge is -2.10. The number of hydrogen-bond donors (Lipinski definition) is 2. The van der Waals surface area contributed by atoms with E-state index in [1.54, 1.807) is 0 Å². The summed E-state index contributed by atoms with van der Waals surface area (Å²) < 4.78 is 26.3. The minimum absolute atomic E-state index is 0.00837. The molecular formula is C16H26F2N2. The van der Waals surface area contributed by atoms with Crippen LogP contribution < -0.4 is 11.1 Å². The van der Waals surface area contributed by atoms with Crippen molar-refractivity contribution in [3.8, 4) is 0 Å². The molecule has 0 aliphatic rings. The highest BCUT2D eigenvalue weighted by molar-refractivity contribution is 5.66. The van der Waals surface area contributed by atoms with Gasteiger partial charge in [-0.05, 0) is 12.5 Å². The SMILES string of the molecule is CCCCCCCCCCNc1cc(F)cc(F)c1N. The van der Waals surface area contributed by atoms with Gasteiger partial charge in [0.25, 0.3) is 0 Å². The standard InChI is InChI=1S/C16H26F2N2/c1-2-3-4-5-6-7-8-9-10-20-15-12-13(17)11-14(18)16(15)19/h11-12,20H,2-10,19H2,1H3. The number of halogens is 2. The number of rotatable bonds is 10. The summed E-state index contributed by atoms with van der Waals surface area (Å²) in [6, 6.07) is 2.04. The van der Waals surface area contributed by atoms with Crippen LogP contribution in [0.3, 0.4) is 0 Å². The van der Waals surface area contributed by atoms with E-state index in [0.29, 0.717) is 12.2 Å². The second-order valence-electron chi connectivity index (χ2n) is 5.25. The fourth-order valence-electron chi connectivity index (χ4n) is 2.21. The van der Waals surface area contributed by atoms with E-state index in [1.165, 1.54) is 44.6 Å². The molecule has 20 heavy (non-hydrogen) atoms. The van der Waals surface area contributed by atoms with Crippen LogP contribution in [0.2, 0.25) is 0 Å². The fraction of sp³-hybridized carbons (Fsp3) is 0.625. The molecule has 4 heteroatoms. The predicted octanol–water partition coefficient (Wildman–Crippen LogP) is 5.10. The molecule has 0 heterocycles. The van der Waals surface area contributed by atoms with Crippen LogP contribution >= 0.6 is 0 Å². The van der Waals surface area contributed by atoms with E-state index >= 15 is 0 Å². The Balaban J connectivity index is 2.13. The van der Waals surface area contributed by atoms with Gasteiger partial charge in [0, 0.05) is 12.6 Å². The lowest BCUT2D eigenvalue weighted by Crippen LogP contribution is -2.06. The number of unbranched alkanes of at least 4 members (excludes halogenated alkanes) is 7. The smallest absolute Gasteiger partial charge is 0.151 e. The Morgan fingerprint density at radius 1 is 0.950 bits per heavy atom. The van der Waals surface area contributed by atoms with E-state index in [2.05, 4.69) is 12.2 Å². The summed E-state index contributed by atoms with van der Waals surface area (Å²) in [7, 11) is 0. The first-order valence-corrected chi connectivity index (χ1v) is 7.63. The van der Waals surface area contributed by atoms with Crippen molar-refractivity contribution in [2.45, 2.75) is 58.3 Å². The first kappa shape index (κ1) is 16.7. The molecule has 0 aromatic heterocycles. The van der Waals surface area contributed by atoms with Crippen molar-refractivity contribution in [1.29, 1.82) is 0 Å². The Hall–Kier alpha value is -1.32. The molecule has 0 unspecified atom stereocenters. The summed E-state index contributed by atoms with van der Waals surface area (Å²) in [5.41, 5.74) is 5.90. The molecule has 0 atom stereocenters. The molecule has 2 nitrogen and oxygen atoms in total. The van der Waals surface area contributed by atoms with E-state index in [4.69, 9.17) is 5.73 Å². The zero-order chi connectivity index (χ0) is 14.8. The van der Waals surface area contributed by atoms with Crippen LogP contribution in [0.15, 0.2) is 12.1 Å². The first-order chi connectivity index (χ1) is 9.65. The third kappa shape index (κ3) is 6.22. The van der Waals surface area contributed by atoms with Gasteiger partial charge in [-0.3, -0.25) is 0 Å². The van der Waals surface area contributed by atoms with Crippen LogP contribution in [0, 0.1) is 11.6 Å². The summed E-state index contributed by atoms with van der Waals surface area (Å²) in [5.74, 6) is -1.31. The van der Waals surface area contributed by atoms with E-state index in [1.807, 2.05) is 0 Å². The largest absolute Gasteiger partial charge is 0.395 e. The Morgan fingerprint density at radius 2 is 1.55 bits per heavy atom. The van der Waals surface area contributed by atoms with Crippen molar-refractivity contribution in [3.05, 3.63) is 23.8 Å². The third-order valence-corrected chi connectivity index (χ3v) is 3.44. The summed E-state index contributed by atoms with van der Waals surface area (Å²) in [4.78, 5) is 0. The number of benzene rings is 1. The molecule has 1 aromatic carbocycles. The minimum atomic E-state index is -0.705. The van der Waals surface area contributed by atoms with Crippen LogP contribution in [-0.4, -0.2) is 6.54 Å². The number of anilines is 2. The highest BCUT2D eigenvalue weighted by atomic mass is 19.1. The number of nitrogens with one attached hydrogen (secondary N) is 1. The van der Waals surface area contributed by atoms with Crippen LogP contribution in [0.4, 0.5) is 20.2 Å². The second kappa shape index (κ2) is 9.56. The fourth-order valence-corrected chi connectivity index (χ4v) is 2.21. The molecular weight excluding hydrogens is 258 g/mol. The molecule has 0 fully saturated rings. The van der Waals surface area contributed by atoms with Crippen molar-refractivity contribution in [2.75, 3.05) is 17.6 Å². The lowest BCUT2D eigenvalue weighted by molar-refractivity contribution is 0.579. The molecule has 0 aliphatic heterocycles. The summed E-state index contributed by atoms with van der Waals surface area (Å²) >= 11 is 0. The molecule has 0 spiro atoms. The number of hydrogen-bond acceptors (Lipinski definition) is 2. The maximum atomic E-state index is 13.2. The lowest BCUT2D eigenvalue weighted by atomic mass is 10.1. The molecule has 0 amide bonds. The Kier molecular flexibility index (Phi) is 8.00. The molecule has 0 saturated heterocycles. The van der Waals surface area contributed by atoms with Crippen LogP contribution in [-0.2, 0) is 0 Å². The highest BCUT2D eigenvalue weighted by Gasteiger charge is 2.07. The molecule has 0 bridgehead atoms. The molecule has 3 N–H and O–H groups in total. The van der Waals surface area contributed by atoms with Gasteiger partial charge in [-0.2, -0.15) is 0 Å². The van der Waals surface area contributed by atoms with E-state index < -0.39 is 11.6 Å². The Labute approximate surface area is 120 Å². The van der Waals surface area contributed by atoms with Gasteiger partial charge in [0.1, 0.15) is 5.82 Å². The van der Waals surface area contributed by atoms with Gasteiger partial charge >= 0.3 is 0 Å². The van der Waals surface area contributed by atoms with Gasteiger partial charge in [-0.15, -0.1) is 0 Å². The normalized spacial score (nSPS) is 10.8. The van der Waals surface area contributed by atoms with Crippen molar-refractivity contribution >= 4 is 11.4 Å². The van der Waals surface area contributed by atoms with Crippen molar-refractivity contribution in [2.24, 2.45) is 0 Å². The topological polar surface area (TPSA) is 38.0 Å². The van der Waals surface area contributed by atoms with E-state index in [-0.39, 0.29) is 5.69 Å². The summed E-state index contributed by atoms with van der Waals surface area (Å²) in [6.07, 6.45) is 9.86. The molecule has 0 radical (unpaired) electrons. The minimum Gasteiger partial charge on any atom is -0.395 e. The second-order valence-corrected chi connectivity index (χ2v) is 5.25. The maximum Gasteiger partial charge on any atom is 0.151 e. The van der Waals surface area contributed by atoms with Gasteiger partial charge in [0.15, 0.2) is 5.82 Å². The van der Waals surface area contributed by atoms with Crippen LogP contribution in [0.5, 0.6) is 0 Å². The van der Waals surface area contributed by atoms with Crippen molar-refractivity contribution in [1.82, 2.24) is 0 Å². The highest BCUT2D eigenvalue weighted by Crippen LogP contribution is 2.23. The van der Waals surface area contributed by atoms with Gasteiger partial charge in [-0.1, -0.05) is 51.9 Å². The number of nitrogens with two attached hydrogens (primary N) is 1. The van der Waals surface area contributed by atoms with Crippen molar-refractivity contribution < 1.29 is 8.78 Å². The van der Waals surface area contributed by atoms with Crippen LogP contribution in [0.25, 0.3) is 0 Å². The Morgan fingerprint density at radius 3 is 2.20 bits per heavy atom. The number of nitrogen functional groups attached to an aromatic ring is 1. The zero-order valence-corrected chi connectivity index (χ0v) is 12.4. The van der Waals surface area contributed by atoms with Crippen molar-refractivity contribution in [3.63, 3.8) is 0 Å². The van der Waals surface area contributed by atoms with Gasteiger partial charge < -0.3 is 11.1 Å². The van der Waals surface area contributed by atoms with E-state index in [9.17, 15) is 8.78 Å². The molecule has 114 valence electrons. The monoisotopic (exact) mass is 284 g/mol. The molecule has 1 rings (SSSR count). The zero-order valence-electron chi connectivity index (χ0n) is 12.4. The third-order valence-electron chi connectivity index (χ3n) is 3.44. The maximum absolute atomic E-state index is 13.2. The molecule has 1 aromatic rings. The molecule has 0 saturated carbocycles. The molecule has 0 aliphatic carbocycles. The summed E-state index contributed by atoms with van der Waals surface area (Å²) in [6.45, 7) is 2.91. The predicted molar refractivity (Wildman–Crippen MR) is 81.9 cm³/mol. The summed E-state index contributed by atoms with van der Waals surface area (Å²) in [5, 5.41) is 3.00. The van der Waals surface area contributed by atoms with E-state index in [0.717, 1.165) is 18.9 Å². The first-order valence-electron chi connectivity index (χ1n) is 7.63. The average Bonchev–Trinajstić information content (AvgIpc) is 2.42. The van der Waals surface area contributed by atoms with Crippen LogP contribution in [0.1, 0.15) is 58.3 Å². The quantitative estimate of drug-likeness (QED) is 0.463. The van der Waals surface area contributed by atoms with Gasteiger partial charge in [-0.25, -0.2) is 8.78 Å². The van der Waals surface area contributed by atoms with Gasteiger partial charge in [0.05, 0.1) is 11.4 Å². The van der Waals surface area contributed by atoms with Gasteiger partial charge in [0.2, 0.25) is 0 Å². The Bertz CT molecular complexity index is 394.